The number of hydrogen-bond acceptors (Lipinski definition) is 1. The van der Waals surface area contributed by atoms with E-state index in [-0.39, 0.29) is 11.8 Å². The SMILES string of the molecule is C=C[Si](C)(CCC(F)(F)F)C1CCCCO1. The van der Waals surface area contributed by atoms with Gasteiger partial charge in [-0.2, -0.15) is 13.2 Å². The molecule has 1 aliphatic heterocycles. The van der Waals surface area contributed by atoms with E-state index in [4.69, 9.17) is 4.74 Å². The first-order chi connectivity index (χ1) is 7.37. The van der Waals surface area contributed by atoms with Gasteiger partial charge in [-0.05, 0) is 25.3 Å². The highest BCUT2D eigenvalue weighted by atomic mass is 28.3. The third kappa shape index (κ3) is 3.94. The number of ether oxygens (including phenoxy) is 1. The molecule has 0 aromatic rings. The zero-order valence-electron chi connectivity index (χ0n) is 9.65. The Bertz CT molecular complexity index is 236. The predicted molar refractivity (Wildman–Crippen MR) is 60.9 cm³/mol. The molecule has 2 unspecified atom stereocenters. The van der Waals surface area contributed by atoms with Gasteiger partial charge < -0.3 is 4.74 Å². The Morgan fingerprint density at radius 1 is 1.44 bits per heavy atom. The van der Waals surface area contributed by atoms with Crippen molar-refractivity contribution in [2.24, 2.45) is 0 Å². The second-order valence-electron chi connectivity index (χ2n) is 4.68. The van der Waals surface area contributed by atoms with E-state index in [1.807, 2.05) is 6.55 Å². The molecular formula is C11H19F3OSi. The molecule has 0 spiro atoms. The molecule has 0 aromatic heterocycles. The van der Waals surface area contributed by atoms with E-state index in [2.05, 4.69) is 6.58 Å². The summed E-state index contributed by atoms with van der Waals surface area (Å²) in [5, 5.41) is 0. The van der Waals surface area contributed by atoms with Crippen LogP contribution in [0.5, 0.6) is 0 Å². The van der Waals surface area contributed by atoms with Gasteiger partial charge >= 0.3 is 6.18 Å². The zero-order chi connectivity index (χ0) is 12.2. The molecule has 0 saturated carbocycles. The van der Waals surface area contributed by atoms with Crippen molar-refractivity contribution in [3.05, 3.63) is 12.3 Å². The van der Waals surface area contributed by atoms with Crippen LogP contribution in [0, 0.1) is 0 Å². The molecule has 0 N–H and O–H groups in total. The summed E-state index contributed by atoms with van der Waals surface area (Å²) >= 11 is 0. The lowest BCUT2D eigenvalue weighted by molar-refractivity contribution is -0.131. The molecule has 1 rings (SSSR count). The summed E-state index contributed by atoms with van der Waals surface area (Å²) in [4.78, 5) is 0. The minimum Gasteiger partial charge on any atom is -0.381 e. The number of hydrogen-bond donors (Lipinski definition) is 0. The fraction of sp³-hybridized carbons (Fsp3) is 0.818. The smallest absolute Gasteiger partial charge is 0.381 e. The molecule has 1 aliphatic rings. The van der Waals surface area contributed by atoms with Crippen molar-refractivity contribution in [3.8, 4) is 0 Å². The molecule has 1 heterocycles. The van der Waals surface area contributed by atoms with Gasteiger partial charge in [0.15, 0.2) is 0 Å². The van der Waals surface area contributed by atoms with E-state index in [1.54, 1.807) is 5.70 Å². The Hall–Kier alpha value is -0.293. The first-order valence-corrected chi connectivity index (χ1v) is 8.55. The topological polar surface area (TPSA) is 9.23 Å². The molecule has 1 nitrogen and oxygen atoms in total. The normalized spacial score (nSPS) is 26.1. The van der Waals surface area contributed by atoms with Crippen molar-refractivity contribution in [3.63, 3.8) is 0 Å². The third-order valence-electron chi connectivity index (χ3n) is 3.33. The summed E-state index contributed by atoms with van der Waals surface area (Å²) in [6.45, 7) is 6.36. The predicted octanol–water partition coefficient (Wildman–Crippen LogP) is 3.85. The molecular weight excluding hydrogens is 233 g/mol. The highest BCUT2D eigenvalue weighted by Gasteiger charge is 2.39. The van der Waals surface area contributed by atoms with Crippen LogP contribution >= 0.6 is 0 Å². The van der Waals surface area contributed by atoms with Crippen LogP contribution in [0.25, 0.3) is 0 Å². The van der Waals surface area contributed by atoms with Gasteiger partial charge in [0.05, 0.1) is 5.73 Å². The molecule has 0 radical (unpaired) electrons. The minimum atomic E-state index is -4.06. The van der Waals surface area contributed by atoms with E-state index in [9.17, 15) is 13.2 Å². The summed E-state index contributed by atoms with van der Waals surface area (Å²) in [7, 11) is -2.11. The highest BCUT2D eigenvalue weighted by Crippen LogP contribution is 2.32. The Morgan fingerprint density at radius 2 is 2.12 bits per heavy atom. The van der Waals surface area contributed by atoms with E-state index in [0.29, 0.717) is 6.61 Å². The average molecular weight is 252 g/mol. The number of rotatable bonds is 4. The van der Waals surface area contributed by atoms with Crippen LogP contribution in [-0.2, 0) is 4.74 Å². The summed E-state index contributed by atoms with van der Waals surface area (Å²) in [6.07, 6.45) is -1.79. The number of alkyl halides is 3. The maximum atomic E-state index is 12.2. The molecule has 1 fully saturated rings. The molecule has 0 aliphatic carbocycles. The summed E-state index contributed by atoms with van der Waals surface area (Å²) in [5.74, 6) is 0. The second kappa shape index (κ2) is 5.36. The van der Waals surface area contributed by atoms with Gasteiger partial charge in [-0.3, -0.25) is 0 Å². The van der Waals surface area contributed by atoms with Gasteiger partial charge in [0.2, 0.25) is 0 Å². The maximum Gasteiger partial charge on any atom is 0.388 e. The Kier molecular flexibility index (Phi) is 4.61. The van der Waals surface area contributed by atoms with E-state index >= 15 is 0 Å². The van der Waals surface area contributed by atoms with Gasteiger partial charge in [0.25, 0.3) is 0 Å². The molecule has 0 aromatic carbocycles. The third-order valence-corrected chi connectivity index (χ3v) is 7.52. The summed E-state index contributed by atoms with van der Waals surface area (Å²) < 4.78 is 42.3. The van der Waals surface area contributed by atoms with Crippen molar-refractivity contribution in [1.29, 1.82) is 0 Å². The Morgan fingerprint density at radius 3 is 2.56 bits per heavy atom. The lowest BCUT2D eigenvalue weighted by atomic mass is 10.2. The summed E-state index contributed by atoms with van der Waals surface area (Å²) in [6, 6.07) is 0.199. The summed E-state index contributed by atoms with van der Waals surface area (Å²) in [5.41, 5.74) is 1.79. The Balaban J connectivity index is 2.57. The fourth-order valence-electron chi connectivity index (χ4n) is 2.07. The van der Waals surface area contributed by atoms with Crippen LogP contribution in [0.15, 0.2) is 12.3 Å². The van der Waals surface area contributed by atoms with Crippen LogP contribution in [-0.4, -0.2) is 26.6 Å². The van der Waals surface area contributed by atoms with Crippen molar-refractivity contribution < 1.29 is 17.9 Å². The molecule has 2 atom stereocenters. The van der Waals surface area contributed by atoms with Crippen molar-refractivity contribution >= 4 is 8.07 Å². The standard InChI is InChI=1S/C11H19F3OSi/c1-3-16(2,9-7-11(12,13)14)10-6-4-5-8-15-10/h3,10H,1,4-9H2,2H3. The second-order valence-corrected chi connectivity index (χ2v) is 9.24. The maximum absolute atomic E-state index is 12.2. The van der Waals surface area contributed by atoms with Crippen LogP contribution in [0.3, 0.4) is 0 Å². The van der Waals surface area contributed by atoms with E-state index in [0.717, 1.165) is 19.3 Å². The molecule has 0 bridgehead atoms. The van der Waals surface area contributed by atoms with Crippen molar-refractivity contribution in [1.82, 2.24) is 0 Å². The Labute approximate surface area is 95.7 Å². The van der Waals surface area contributed by atoms with E-state index < -0.39 is 20.7 Å². The lowest BCUT2D eigenvalue weighted by Gasteiger charge is -2.36. The van der Waals surface area contributed by atoms with Gasteiger partial charge in [-0.15, -0.1) is 6.58 Å². The first-order valence-electron chi connectivity index (χ1n) is 5.69. The molecule has 0 amide bonds. The molecule has 16 heavy (non-hydrogen) atoms. The van der Waals surface area contributed by atoms with Crippen LogP contribution < -0.4 is 0 Å². The van der Waals surface area contributed by atoms with Crippen molar-refractivity contribution in [2.45, 2.75) is 50.2 Å². The quantitative estimate of drug-likeness (QED) is 0.690. The van der Waals surface area contributed by atoms with Gasteiger partial charge in [-0.25, -0.2) is 0 Å². The fourth-order valence-corrected chi connectivity index (χ4v) is 5.04. The van der Waals surface area contributed by atoms with Gasteiger partial charge in [-0.1, -0.05) is 12.2 Å². The largest absolute Gasteiger partial charge is 0.388 e. The minimum absolute atomic E-state index is 0.0288. The lowest BCUT2D eigenvalue weighted by Crippen LogP contribution is -2.47. The van der Waals surface area contributed by atoms with E-state index in [1.165, 1.54) is 0 Å². The monoisotopic (exact) mass is 252 g/mol. The van der Waals surface area contributed by atoms with Crippen LogP contribution in [0.4, 0.5) is 13.2 Å². The molecule has 94 valence electrons. The number of halogens is 3. The molecule has 5 heteroatoms. The average Bonchev–Trinajstić information content (AvgIpc) is 2.26. The molecule has 1 saturated heterocycles. The van der Waals surface area contributed by atoms with Crippen molar-refractivity contribution in [2.75, 3.05) is 6.61 Å². The van der Waals surface area contributed by atoms with Crippen LogP contribution in [0.2, 0.25) is 12.6 Å². The first kappa shape index (κ1) is 13.8. The van der Waals surface area contributed by atoms with Crippen LogP contribution in [0.1, 0.15) is 25.7 Å². The highest BCUT2D eigenvalue weighted by molar-refractivity contribution is 6.84. The van der Waals surface area contributed by atoms with Gasteiger partial charge in [0.1, 0.15) is 8.07 Å². The van der Waals surface area contributed by atoms with Gasteiger partial charge in [0, 0.05) is 13.0 Å². The zero-order valence-corrected chi connectivity index (χ0v) is 10.6.